The van der Waals surface area contributed by atoms with E-state index in [0.717, 1.165) is 11.3 Å². The second kappa shape index (κ2) is 8.35. The number of fused-ring (bicyclic) bond motifs is 2. The third-order valence-corrected chi connectivity index (χ3v) is 4.97. The largest absolute Gasteiger partial charge is 0.487 e. The molecule has 1 N–H and O–H groups in total. The minimum Gasteiger partial charge on any atom is -0.487 e. The maximum absolute atomic E-state index is 12.6. The van der Waals surface area contributed by atoms with E-state index in [4.69, 9.17) is 4.74 Å². The molecule has 0 bridgehead atoms. The molecule has 0 saturated carbocycles. The van der Waals surface area contributed by atoms with Crippen LogP contribution in [0.15, 0.2) is 90.1 Å². The average molecular weight is 425 g/mol. The van der Waals surface area contributed by atoms with E-state index in [9.17, 15) is 9.59 Å². The van der Waals surface area contributed by atoms with Crippen LogP contribution >= 0.6 is 0 Å². The van der Waals surface area contributed by atoms with Gasteiger partial charge in [0.1, 0.15) is 24.5 Å². The Kier molecular flexibility index (Phi) is 5.09. The molecule has 1 amide bonds. The van der Waals surface area contributed by atoms with Crippen molar-refractivity contribution in [1.82, 2.24) is 18.9 Å². The lowest BCUT2D eigenvalue weighted by Gasteiger charge is -2.11. The SMILES string of the molecule is O=C(Cn1c(=O)cnc2ccccc21)Nc1cccc(OCc2cn3ccccc3n2)c1. The van der Waals surface area contributed by atoms with Crippen LogP contribution in [-0.2, 0) is 17.9 Å². The maximum atomic E-state index is 12.6. The van der Waals surface area contributed by atoms with Crippen molar-refractivity contribution < 1.29 is 9.53 Å². The van der Waals surface area contributed by atoms with Crippen molar-refractivity contribution in [3.05, 3.63) is 101 Å². The number of benzene rings is 2. The molecule has 0 aliphatic heterocycles. The molecule has 0 saturated heterocycles. The molecular formula is C24H19N5O3. The Balaban J connectivity index is 1.27. The zero-order valence-electron chi connectivity index (χ0n) is 17.0. The first-order chi connectivity index (χ1) is 15.7. The summed E-state index contributed by atoms with van der Waals surface area (Å²) in [6.45, 7) is 0.186. The molecule has 5 aromatic rings. The number of anilines is 1. The molecule has 2 aromatic carbocycles. The fourth-order valence-electron chi connectivity index (χ4n) is 3.50. The van der Waals surface area contributed by atoms with Gasteiger partial charge in [-0.05, 0) is 36.4 Å². The molecule has 0 aliphatic carbocycles. The smallest absolute Gasteiger partial charge is 0.269 e. The van der Waals surface area contributed by atoms with Gasteiger partial charge in [-0.15, -0.1) is 0 Å². The predicted octanol–water partition coefficient (Wildman–Crippen LogP) is 3.26. The summed E-state index contributed by atoms with van der Waals surface area (Å²) >= 11 is 0. The van der Waals surface area contributed by atoms with Crippen molar-refractivity contribution in [2.75, 3.05) is 5.32 Å². The molecule has 8 nitrogen and oxygen atoms in total. The van der Waals surface area contributed by atoms with Gasteiger partial charge in [-0.2, -0.15) is 0 Å². The summed E-state index contributed by atoms with van der Waals surface area (Å²) in [6.07, 6.45) is 5.07. The number of hydrogen-bond donors (Lipinski definition) is 1. The summed E-state index contributed by atoms with van der Waals surface area (Å²) in [4.78, 5) is 33.5. The van der Waals surface area contributed by atoms with E-state index in [1.807, 2.05) is 53.2 Å². The van der Waals surface area contributed by atoms with Gasteiger partial charge in [0.15, 0.2) is 0 Å². The predicted molar refractivity (Wildman–Crippen MR) is 121 cm³/mol. The van der Waals surface area contributed by atoms with Crippen LogP contribution in [0.3, 0.4) is 0 Å². The number of pyridine rings is 1. The Morgan fingerprint density at radius 1 is 1.03 bits per heavy atom. The molecule has 0 fully saturated rings. The number of amides is 1. The van der Waals surface area contributed by atoms with Crippen LogP contribution in [0, 0.1) is 0 Å². The van der Waals surface area contributed by atoms with Crippen LogP contribution in [0.4, 0.5) is 5.69 Å². The molecule has 0 unspecified atom stereocenters. The second-order valence-electron chi connectivity index (χ2n) is 7.23. The molecule has 0 spiro atoms. The first-order valence-electron chi connectivity index (χ1n) is 10.1. The summed E-state index contributed by atoms with van der Waals surface area (Å²) < 4.78 is 9.18. The van der Waals surface area contributed by atoms with Crippen molar-refractivity contribution in [1.29, 1.82) is 0 Å². The fraction of sp³-hybridized carbons (Fsp3) is 0.0833. The molecule has 0 atom stereocenters. The van der Waals surface area contributed by atoms with Crippen LogP contribution in [-0.4, -0.2) is 24.8 Å². The first-order valence-corrected chi connectivity index (χ1v) is 10.1. The lowest BCUT2D eigenvalue weighted by atomic mass is 10.3. The van der Waals surface area contributed by atoms with Crippen LogP contribution in [0.1, 0.15) is 5.69 Å². The molecular weight excluding hydrogens is 406 g/mol. The quantitative estimate of drug-likeness (QED) is 0.451. The lowest BCUT2D eigenvalue weighted by molar-refractivity contribution is -0.116. The van der Waals surface area contributed by atoms with Crippen molar-refractivity contribution in [3.8, 4) is 5.75 Å². The van der Waals surface area contributed by atoms with Crippen LogP contribution in [0.2, 0.25) is 0 Å². The van der Waals surface area contributed by atoms with Gasteiger partial charge in [0, 0.05) is 24.1 Å². The number of aromatic nitrogens is 4. The highest BCUT2D eigenvalue weighted by molar-refractivity contribution is 5.91. The van der Waals surface area contributed by atoms with Gasteiger partial charge in [0.25, 0.3) is 5.56 Å². The van der Waals surface area contributed by atoms with Gasteiger partial charge in [-0.25, -0.2) is 9.97 Å². The molecule has 8 heteroatoms. The van der Waals surface area contributed by atoms with Gasteiger partial charge in [0.05, 0.1) is 22.9 Å². The number of nitrogens with zero attached hydrogens (tertiary/aromatic N) is 4. The van der Waals surface area contributed by atoms with Gasteiger partial charge in [-0.3, -0.25) is 14.2 Å². The molecule has 0 radical (unpaired) electrons. The number of para-hydroxylation sites is 2. The Morgan fingerprint density at radius 2 is 1.91 bits per heavy atom. The zero-order chi connectivity index (χ0) is 21.9. The fourth-order valence-corrected chi connectivity index (χ4v) is 3.50. The summed E-state index contributed by atoms with van der Waals surface area (Å²) in [6, 6.07) is 20.1. The first kappa shape index (κ1) is 19.5. The maximum Gasteiger partial charge on any atom is 0.269 e. The Bertz CT molecular complexity index is 1460. The second-order valence-corrected chi connectivity index (χ2v) is 7.23. The summed E-state index contributed by atoms with van der Waals surface area (Å²) in [7, 11) is 0. The number of ether oxygens (including phenoxy) is 1. The number of carbonyl (C=O) groups excluding carboxylic acids is 1. The van der Waals surface area contributed by atoms with Crippen molar-refractivity contribution in [2.24, 2.45) is 0 Å². The third-order valence-electron chi connectivity index (χ3n) is 4.97. The Morgan fingerprint density at radius 3 is 2.81 bits per heavy atom. The standard InChI is InChI=1S/C24H19N5O3/c30-23(15-29-21-9-2-1-8-20(21)25-13-24(29)31)27-17-6-5-7-19(12-17)32-16-18-14-28-11-4-3-10-22(28)26-18/h1-14H,15-16H2,(H,27,30). The number of nitrogens with one attached hydrogen (secondary N) is 1. The average Bonchev–Trinajstić information content (AvgIpc) is 3.23. The lowest BCUT2D eigenvalue weighted by Crippen LogP contribution is -2.27. The monoisotopic (exact) mass is 425 g/mol. The van der Waals surface area contributed by atoms with Gasteiger partial charge in [0.2, 0.25) is 5.91 Å². The van der Waals surface area contributed by atoms with E-state index in [1.165, 1.54) is 10.8 Å². The van der Waals surface area contributed by atoms with Crippen molar-refractivity contribution >= 4 is 28.3 Å². The summed E-state index contributed by atoms with van der Waals surface area (Å²) in [5.41, 5.74) is 3.17. The highest BCUT2D eigenvalue weighted by atomic mass is 16.5. The number of hydrogen-bond acceptors (Lipinski definition) is 5. The van der Waals surface area contributed by atoms with E-state index < -0.39 is 0 Å². The van der Waals surface area contributed by atoms with Crippen molar-refractivity contribution in [3.63, 3.8) is 0 Å². The van der Waals surface area contributed by atoms with E-state index in [0.29, 0.717) is 29.1 Å². The highest BCUT2D eigenvalue weighted by Crippen LogP contribution is 2.19. The Labute approximate surface area is 182 Å². The number of imidazole rings is 1. The molecule has 3 aromatic heterocycles. The molecule has 158 valence electrons. The van der Waals surface area contributed by atoms with Gasteiger partial charge >= 0.3 is 0 Å². The third kappa shape index (κ3) is 4.06. The zero-order valence-corrected chi connectivity index (χ0v) is 17.0. The van der Waals surface area contributed by atoms with Crippen LogP contribution in [0.5, 0.6) is 5.75 Å². The van der Waals surface area contributed by atoms with E-state index >= 15 is 0 Å². The summed E-state index contributed by atoms with van der Waals surface area (Å²) in [5.74, 6) is 0.285. The Hall–Kier alpha value is -4.46. The highest BCUT2D eigenvalue weighted by Gasteiger charge is 2.10. The number of rotatable bonds is 6. The molecule has 5 rings (SSSR count). The minimum absolute atomic E-state index is 0.117. The molecule has 32 heavy (non-hydrogen) atoms. The topological polar surface area (TPSA) is 90.5 Å². The van der Waals surface area contributed by atoms with E-state index in [1.54, 1.807) is 30.3 Å². The normalized spacial score (nSPS) is 11.0. The van der Waals surface area contributed by atoms with Crippen LogP contribution < -0.4 is 15.6 Å². The van der Waals surface area contributed by atoms with Crippen molar-refractivity contribution in [2.45, 2.75) is 13.2 Å². The van der Waals surface area contributed by atoms with E-state index in [2.05, 4.69) is 15.3 Å². The van der Waals surface area contributed by atoms with Gasteiger partial charge in [-0.1, -0.05) is 24.3 Å². The summed E-state index contributed by atoms with van der Waals surface area (Å²) in [5, 5.41) is 2.82. The van der Waals surface area contributed by atoms with Crippen LogP contribution in [0.25, 0.3) is 16.7 Å². The molecule has 3 heterocycles. The molecule has 0 aliphatic rings. The van der Waals surface area contributed by atoms with E-state index in [-0.39, 0.29) is 18.0 Å². The minimum atomic E-state index is -0.330. The van der Waals surface area contributed by atoms with Gasteiger partial charge < -0.3 is 14.5 Å². The number of carbonyl (C=O) groups is 1.